The monoisotopic (exact) mass is 405 g/mol. The molecule has 8 nitrogen and oxygen atoms in total. The molecule has 0 atom stereocenters. The summed E-state index contributed by atoms with van der Waals surface area (Å²) in [6.07, 6.45) is 0. The first-order valence-electron chi connectivity index (χ1n) is 8.79. The number of carbonyl (C=O) groups is 1. The Balaban J connectivity index is 1.67. The molecule has 0 radical (unpaired) electrons. The van der Waals surface area contributed by atoms with Gasteiger partial charge in [0, 0.05) is 26.2 Å². The minimum absolute atomic E-state index is 0.230. The number of rotatable bonds is 5. The molecule has 1 fully saturated rings. The highest BCUT2D eigenvalue weighted by atomic mass is 32.2. The normalized spacial score (nSPS) is 15.1. The van der Waals surface area contributed by atoms with Crippen LogP contribution in [0.15, 0.2) is 53.4 Å². The highest BCUT2D eigenvalue weighted by molar-refractivity contribution is 7.89. The topological polar surface area (TPSA) is 88.2 Å². The zero-order valence-electron chi connectivity index (χ0n) is 15.8. The lowest BCUT2D eigenvalue weighted by Crippen LogP contribution is -2.51. The first-order valence-corrected chi connectivity index (χ1v) is 10.2. The van der Waals surface area contributed by atoms with Crippen LogP contribution in [0.25, 0.3) is 0 Å². The van der Waals surface area contributed by atoms with Gasteiger partial charge in [-0.2, -0.15) is 4.31 Å². The van der Waals surface area contributed by atoms with Gasteiger partial charge in [0.05, 0.1) is 19.1 Å². The van der Waals surface area contributed by atoms with Gasteiger partial charge in [-0.1, -0.05) is 24.3 Å². The van der Waals surface area contributed by atoms with Crippen molar-refractivity contribution in [1.29, 1.82) is 0 Å². The molecule has 0 saturated carbocycles. The third kappa shape index (κ3) is 4.05. The Labute approximate surface area is 164 Å². The first-order chi connectivity index (χ1) is 13.5. The number of benzene rings is 2. The average molecular weight is 405 g/mol. The maximum Gasteiger partial charge on any atom is 0.322 e. The highest BCUT2D eigenvalue weighted by Crippen LogP contribution is 2.34. The van der Waals surface area contributed by atoms with E-state index in [-0.39, 0.29) is 37.1 Å². The summed E-state index contributed by atoms with van der Waals surface area (Å²) in [7, 11) is -0.533. The second-order valence-electron chi connectivity index (χ2n) is 6.17. The predicted molar refractivity (Wildman–Crippen MR) is 105 cm³/mol. The van der Waals surface area contributed by atoms with Gasteiger partial charge in [0.25, 0.3) is 0 Å². The smallest absolute Gasteiger partial charge is 0.322 e. The molecule has 2 amide bonds. The van der Waals surface area contributed by atoms with Crippen molar-refractivity contribution < 1.29 is 22.7 Å². The molecular formula is C19H23N3O5S. The van der Waals surface area contributed by atoms with Crippen LogP contribution in [-0.4, -0.2) is 64.1 Å². The van der Waals surface area contributed by atoms with E-state index in [0.29, 0.717) is 17.2 Å². The number of nitrogens with one attached hydrogen (secondary N) is 1. The van der Waals surface area contributed by atoms with Gasteiger partial charge < -0.3 is 19.7 Å². The van der Waals surface area contributed by atoms with Crippen molar-refractivity contribution in [2.75, 3.05) is 45.7 Å². The highest BCUT2D eigenvalue weighted by Gasteiger charge is 2.30. The summed E-state index contributed by atoms with van der Waals surface area (Å²) >= 11 is 0. The van der Waals surface area contributed by atoms with Crippen molar-refractivity contribution in [3.05, 3.63) is 48.5 Å². The van der Waals surface area contributed by atoms with E-state index in [1.165, 1.54) is 18.5 Å². The molecule has 2 aromatic rings. The van der Waals surface area contributed by atoms with Crippen molar-refractivity contribution in [3.8, 4) is 11.5 Å². The van der Waals surface area contributed by atoms with Crippen LogP contribution in [0.4, 0.5) is 10.5 Å². The molecule has 0 aromatic heterocycles. The maximum absolute atomic E-state index is 12.7. The number of hydrogen-bond acceptors (Lipinski definition) is 5. The van der Waals surface area contributed by atoms with Gasteiger partial charge in [-0.05, 0) is 24.3 Å². The van der Waals surface area contributed by atoms with Gasteiger partial charge in [0.2, 0.25) is 10.0 Å². The van der Waals surface area contributed by atoms with Crippen LogP contribution >= 0.6 is 0 Å². The Morgan fingerprint density at radius 3 is 2.00 bits per heavy atom. The van der Waals surface area contributed by atoms with Gasteiger partial charge in [-0.15, -0.1) is 0 Å². The fourth-order valence-corrected chi connectivity index (χ4v) is 4.48. The predicted octanol–water partition coefficient (Wildman–Crippen LogP) is 2.24. The number of urea groups is 1. The molecule has 1 N–H and O–H groups in total. The van der Waals surface area contributed by atoms with E-state index in [1.54, 1.807) is 53.4 Å². The number of ether oxygens (including phenoxy) is 2. The van der Waals surface area contributed by atoms with Gasteiger partial charge in [-0.3, -0.25) is 0 Å². The zero-order chi connectivity index (χ0) is 20.1. The number of hydrogen-bond donors (Lipinski definition) is 1. The molecule has 0 bridgehead atoms. The quantitative estimate of drug-likeness (QED) is 0.824. The van der Waals surface area contributed by atoms with Crippen molar-refractivity contribution in [3.63, 3.8) is 0 Å². The summed E-state index contributed by atoms with van der Waals surface area (Å²) in [4.78, 5) is 14.5. The van der Waals surface area contributed by atoms with Crippen molar-refractivity contribution >= 4 is 21.7 Å². The molecule has 2 aromatic carbocycles. The van der Waals surface area contributed by atoms with Gasteiger partial charge >= 0.3 is 6.03 Å². The SMILES string of the molecule is COc1cccc(OC)c1NC(=O)N1CCN(S(=O)(=O)c2ccccc2)CC1. The van der Waals surface area contributed by atoms with Crippen molar-refractivity contribution in [1.82, 2.24) is 9.21 Å². The lowest BCUT2D eigenvalue weighted by molar-refractivity contribution is 0.184. The number of piperazine rings is 1. The van der Waals surface area contributed by atoms with Crippen molar-refractivity contribution in [2.24, 2.45) is 0 Å². The molecule has 1 aliphatic heterocycles. The Kier molecular flexibility index (Phi) is 6.05. The number of sulfonamides is 1. The fourth-order valence-electron chi connectivity index (χ4n) is 3.03. The number of para-hydroxylation sites is 1. The van der Waals surface area contributed by atoms with Gasteiger partial charge in [0.15, 0.2) is 0 Å². The van der Waals surface area contributed by atoms with Crippen molar-refractivity contribution in [2.45, 2.75) is 4.90 Å². The number of anilines is 1. The molecule has 0 unspecified atom stereocenters. The van der Waals surface area contributed by atoms with Crippen LogP contribution in [0, 0.1) is 0 Å². The molecule has 0 aliphatic carbocycles. The molecule has 150 valence electrons. The number of carbonyl (C=O) groups excluding carboxylic acids is 1. The van der Waals surface area contributed by atoms with E-state index in [2.05, 4.69) is 5.32 Å². The summed E-state index contributed by atoms with van der Waals surface area (Å²) < 4.78 is 37.4. The summed E-state index contributed by atoms with van der Waals surface area (Å²) in [5.41, 5.74) is 0.442. The maximum atomic E-state index is 12.7. The largest absolute Gasteiger partial charge is 0.494 e. The third-order valence-electron chi connectivity index (χ3n) is 4.57. The Bertz CT molecular complexity index is 904. The van der Waals surface area contributed by atoms with Gasteiger partial charge in [0.1, 0.15) is 17.2 Å². The molecule has 9 heteroatoms. The van der Waals surface area contributed by atoms with E-state index >= 15 is 0 Å². The summed E-state index contributed by atoms with van der Waals surface area (Å²) in [6, 6.07) is 13.2. The Hall–Kier alpha value is -2.78. The molecular weight excluding hydrogens is 382 g/mol. The molecule has 3 rings (SSSR count). The second kappa shape index (κ2) is 8.49. The van der Waals surface area contributed by atoms with Crippen LogP contribution < -0.4 is 14.8 Å². The number of amides is 2. The Morgan fingerprint density at radius 1 is 0.893 bits per heavy atom. The van der Waals surface area contributed by atoms with E-state index in [9.17, 15) is 13.2 Å². The minimum Gasteiger partial charge on any atom is -0.494 e. The molecule has 0 spiro atoms. The minimum atomic E-state index is -3.56. The third-order valence-corrected chi connectivity index (χ3v) is 6.48. The lowest BCUT2D eigenvalue weighted by Gasteiger charge is -2.34. The summed E-state index contributed by atoms with van der Waals surface area (Å²) in [5.74, 6) is 0.969. The second-order valence-corrected chi connectivity index (χ2v) is 8.11. The fraction of sp³-hybridized carbons (Fsp3) is 0.316. The van der Waals surface area contributed by atoms with E-state index in [0.717, 1.165) is 0 Å². The zero-order valence-corrected chi connectivity index (χ0v) is 16.6. The van der Waals surface area contributed by atoms with Crippen LogP contribution in [0.2, 0.25) is 0 Å². The Morgan fingerprint density at radius 2 is 1.46 bits per heavy atom. The van der Waals surface area contributed by atoms with Crippen LogP contribution in [0.3, 0.4) is 0 Å². The molecule has 1 heterocycles. The van der Waals surface area contributed by atoms with Gasteiger partial charge in [-0.25, -0.2) is 13.2 Å². The van der Waals surface area contributed by atoms with Crippen LogP contribution in [0.1, 0.15) is 0 Å². The first kappa shape index (κ1) is 20.0. The standard InChI is InChI=1S/C19H23N3O5S/c1-26-16-9-6-10-17(27-2)18(16)20-19(23)21-11-13-22(14-12-21)28(24,25)15-7-4-3-5-8-15/h3-10H,11-14H2,1-2H3,(H,20,23). The van der Waals surface area contributed by atoms with Crippen LogP contribution in [-0.2, 0) is 10.0 Å². The molecule has 1 saturated heterocycles. The lowest BCUT2D eigenvalue weighted by atomic mass is 10.2. The summed E-state index contributed by atoms with van der Waals surface area (Å²) in [6.45, 7) is 1.03. The number of methoxy groups -OCH3 is 2. The van der Waals surface area contributed by atoms with Crippen LogP contribution in [0.5, 0.6) is 11.5 Å². The van der Waals surface area contributed by atoms with E-state index in [1.807, 2.05) is 0 Å². The molecule has 1 aliphatic rings. The summed E-state index contributed by atoms with van der Waals surface area (Å²) in [5, 5.41) is 2.80. The number of nitrogens with zero attached hydrogens (tertiary/aromatic N) is 2. The van der Waals surface area contributed by atoms with E-state index in [4.69, 9.17) is 9.47 Å². The van der Waals surface area contributed by atoms with E-state index < -0.39 is 10.0 Å². The molecule has 28 heavy (non-hydrogen) atoms. The average Bonchev–Trinajstić information content (AvgIpc) is 2.74.